The van der Waals surface area contributed by atoms with E-state index >= 15 is 0 Å². The minimum atomic E-state index is -0.844. The van der Waals surface area contributed by atoms with Crippen LogP contribution in [0.5, 0.6) is 0 Å². The molecule has 114 valence electrons. The van der Waals surface area contributed by atoms with Crippen molar-refractivity contribution >= 4 is 33.5 Å². The van der Waals surface area contributed by atoms with Gasteiger partial charge in [0.25, 0.3) is 5.91 Å². The van der Waals surface area contributed by atoms with E-state index in [2.05, 4.69) is 21.2 Å². The molecule has 0 aliphatic heterocycles. The fourth-order valence-electron chi connectivity index (χ4n) is 1.83. The second-order valence-electron chi connectivity index (χ2n) is 4.79. The van der Waals surface area contributed by atoms with Crippen LogP contribution in [0.3, 0.4) is 0 Å². The zero-order chi connectivity index (χ0) is 15.9. The lowest BCUT2D eigenvalue weighted by atomic mass is 10.1. The van der Waals surface area contributed by atoms with Gasteiger partial charge in [0.05, 0.1) is 6.42 Å². The first-order valence-electron chi connectivity index (χ1n) is 6.84. The molecule has 1 N–H and O–H groups in total. The number of carbonyl (C=O) groups is 2. The summed E-state index contributed by atoms with van der Waals surface area (Å²) in [7, 11) is 0. The Morgan fingerprint density at radius 2 is 1.73 bits per heavy atom. The molecule has 2 rings (SSSR count). The van der Waals surface area contributed by atoms with Gasteiger partial charge < -0.3 is 10.1 Å². The van der Waals surface area contributed by atoms with E-state index in [0.717, 1.165) is 10.0 Å². The average Bonchev–Trinajstić information content (AvgIpc) is 2.50. The first-order chi connectivity index (χ1) is 10.5. The maximum Gasteiger partial charge on any atom is 0.311 e. The van der Waals surface area contributed by atoms with Crippen molar-refractivity contribution in [3.05, 3.63) is 64.6 Å². The second kappa shape index (κ2) is 7.75. The number of esters is 1. The lowest BCUT2D eigenvalue weighted by Crippen LogP contribution is -2.30. The molecule has 1 atom stereocenters. The number of ether oxygens (including phenoxy) is 1. The Kier molecular flexibility index (Phi) is 5.72. The molecule has 2 aromatic carbocycles. The molecular weight excluding hydrogens is 346 g/mol. The number of hydrogen-bond donors (Lipinski definition) is 1. The predicted molar refractivity (Wildman–Crippen MR) is 88.5 cm³/mol. The summed E-state index contributed by atoms with van der Waals surface area (Å²) in [5, 5.41) is 2.70. The molecule has 1 unspecified atom stereocenters. The van der Waals surface area contributed by atoms with Gasteiger partial charge in [0.1, 0.15) is 0 Å². The smallest absolute Gasteiger partial charge is 0.311 e. The molecule has 0 aliphatic carbocycles. The highest BCUT2D eigenvalue weighted by Gasteiger charge is 2.18. The Balaban J connectivity index is 1.85. The molecule has 22 heavy (non-hydrogen) atoms. The van der Waals surface area contributed by atoms with E-state index in [-0.39, 0.29) is 12.3 Å². The van der Waals surface area contributed by atoms with Gasteiger partial charge >= 0.3 is 5.97 Å². The zero-order valence-corrected chi connectivity index (χ0v) is 13.7. The largest absolute Gasteiger partial charge is 0.452 e. The monoisotopic (exact) mass is 361 g/mol. The average molecular weight is 362 g/mol. The highest BCUT2D eigenvalue weighted by molar-refractivity contribution is 9.10. The van der Waals surface area contributed by atoms with Crippen LogP contribution < -0.4 is 5.32 Å². The van der Waals surface area contributed by atoms with Gasteiger partial charge in [-0.2, -0.15) is 0 Å². The van der Waals surface area contributed by atoms with Crippen molar-refractivity contribution < 1.29 is 14.3 Å². The molecule has 0 spiro atoms. The Morgan fingerprint density at radius 1 is 1.09 bits per heavy atom. The lowest BCUT2D eigenvalue weighted by molar-refractivity contribution is -0.152. The van der Waals surface area contributed by atoms with E-state index in [1.807, 2.05) is 42.5 Å². The van der Waals surface area contributed by atoms with E-state index in [9.17, 15) is 9.59 Å². The highest BCUT2D eigenvalue weighted by atomic mass is 79.9. The van der Waals surface area contributed by atoms with Gasteiger partial charge in [-0.05, 0) is 36.8 Å². The summed E-state index contributed by atoms with van der Waals surface area (Å²) in [6.45, 7) is 1.55. The van der Waals surface area contributed by atoms with Crippen molar-refractivity contribution in [2.75, 3.05) is 5.32 Å². The van der Waals surface area contributed by atoms with Gasteiger partial charge in [-0.25, -0.2) is 0 Å². The van der Waals surface area contributed by atoms with Crippen LogP contribution in [0.1, 0.15) is 12.5 Å². The molecule has 2 aromatic rings. The standard InChI is InChI=1S/C17H16BrNO3/c1-12(17(21)19-15-5-3-2-4-6-15)22-16(20)11-13-7-9-14(18)10-8-13/h2-10,12H,11H2,1H3,(H,19,21). The molecule has 4 nitrogen and oxygen atoms in total. The van der Waals surface area contributed by atoms with Crippen LogP contribution in [0.15, 0.2) is 59.1 Å². The van der Waals surface area contributed by atoms with Crippen molar-refractivity contribution in [1.29, 1.82) is 0 Å². The highest BCUT2D eigenvalue weighted by Crippen LogP contribution is 2.12. The quantitative estimate of drug-likeness (QED) is 0.828. The van der Waals surface area contributed by atoms with Crippen molar-refractivity contribution in [3.8, 4) is 0 Å². The first-order valence-corrected chi connectivity index (χ1v) is 7.64. The normalized spacial score (nSPS) is 11.5. The first kappa shape index (κ1) is 16.2. The molecule has 0 saturated carbocycles. The third-order valence-corrected chi connectivity index (χ3v) is 3.51. The Morgan fingerprint density at radius 3 is 2.36 bits per heavy atom. The van der Waals surface area contributed by atoms with Gasteiger partial charge in [0, 0.05) is 10.2 Å². The van der Waals surface area contributed by atoms with Crippen LogP contribution in [0.2, 0.25) is 0 Å². The molecule has 5 heteroatoms. The van der Waals surface area contributed by atoms with E-state index in [1.165, 1.54) is 0 Å². The van der Waals surface area contributed by atoms with Crippen LogP contribution in [0, 0.1) is 0 Å². The van der Waals surface area contributed by atoms with Gasteiger partial charge in [-0.1, -0.05) is 46.3 Å². The van der Waals surface area contributed by atoms with Gasteiger partial charge in [-0.3, -0.25) is 9.59 Å². The molecule has 0 saturated heterocycles. The lowest BCUT2D eigenvalue weighted by Gasteiger charge is -2.13. The molecule has 0 heterocycles. The van der Waals surface area contributed by atoms with Gasteiger partial charge in [-0.15, -0.1) is 0 Å². The fraction of sp³-hybridized carbons (Fsp3) is 0.176. The molecule has 0 aliphatic rings. The van der Waals surface area contributed by atoms with Gasteiger partial charge in [0.2, 0.25) is 0 Å². The van der Waals surface area contributed by atoms with E-state index in [4.69, 9.17) is 4.74 Å². The maximum atomic E-state index is 12.0. The number of hydrogen-bond acceptors (Lipinski definition) is 3. The second-order valence-corrected chi connectivity index (χ2v) is 5.71. The fourth-order valence-corrected chi connectivity index (χ4v) is 2.09. The third-order valence-electron chi connectivity index (χ3n) is 2.98. The van der Waals surface area contributed by atoms with E-state index in [0.29, 0.717) is 5.69 Å². The minimum Gasteiger partial charge on any atom is -0.452 e. The summed E-state index contributed by atoms with van der Waals surface area (Å²) in [6.07, 6.45) is -0.709. The number of rotatable bonds is 5. The molecule has 0 fully saturated rings. The summed E-state index contributed by atoms with van der Waals surface area (Å²) in [6, 6.07) is 16.4. The number of para-hydroxylation sites is 1. The zero-order valence-electron chi connectivity index (χ0n) is 12.1. The van der Waals surface area contributed by atoms with Crippen LogP contribution in [-0.4, -0.2) is 18.0 Å². The number of amides is 1. The number of carbonyl (C=O) groups excluding carboxylic acids is 2. The maximum absolute atomic E-state index is 12.0. The number of anilines is 1. The Bertz CT molecular complexity index is 641. The summed E-state index contributed by atoms with van der Waals surface area (Å²) in [5.74, 6) is -0.784. The summed E-state index contributed by atoms with van der Waals surface area (Å²) >= 11 is 3.33. The van der Waals surface area contributed by atoms with Crippen molar-refractivity contribution in [2.45, 2.75) is 19.4 Å². The van der Waals surface area contributed by atoms with Crippen LogP contribution in [-0.2, 0) is 20.7 Å². The molecular formula is C17H16BrNO3. The number of benzene rings is 2. The molecule has 0 radical (unpaired) electrons. The van der Waals surface area contributed by atoms with E-state index in [1.54, 1.807) is 19.1 Å². The van der Waals surface area contributed by atoms with Crippen molar-refractivity contribution in [2.24, 2.45) is 0 Å². The molecule has 0 bridgehead atoms. The predicted octanol–water partition coefficient (Wildman–Crippen LogP) is 3.56. The third kappa shape index (κ3) is 5.00. The van der Waals surface area contributed by atoms with Crippen LogP contribution in [0.25, 0.3) is 0 Å². The minimum absolute atomic E-state index is 0.135. The summed E-state index contributed by atoms with van der Waals surface area (Å²) in [5.41, 5.74) is 1.51. The molecule has 1 amide bonds. The summed E-state index contributed by atoms with van der Waals surface area (Å²) < 4.78 is 6.10. The SMILES string of the molecule is CC(OC(=O)Cc1ccc(Br)cc1)C(=O)Nc1ccccc1. The Hall–Kier alpha value is -2.14. The molecule has 0 aromatic heterocycles. The number of halogens is 1. The van der Waals surface area contributed by atoms with Crippen molar-refractivity contribution in [3.63, 3.8) is 0 Å². The Labute approximate surface area is 137 Å². The summed E-state index contributed by atoms with van der Waals surface area (Å²) in [4.78, 5) is 23.8. The topological polar surface area (TPSA) is 55.4 Å². The van der Waals surface area contributed by atoms with Crippen molar-refractivity contribution in [1.82, 2.24) is 0 Å². The van der Waals surface area contributed by atoms with E-state index < -0.39 is 12.1 Å². The van der Waals surface area contributed by atoms with Crippen LogP contribution >= 0.6 is 15.9 Å². The van der Waals surface area contributed by atoms with Crippen LogP contribution in [0.4, 0.5) is 5.69 Å². The number of nitrogens with one attached hydrogen (secondary N) is 1. The van der Waals surface area contributed by atoms with Gasteiger partial charge in [0.15, 0.2) is 6.10 Å².